The van der Waals surface area contributed by atoms with Gasteiger partial charge in [0.1, 0.15) is 5.69 Å². The van der Waals surface area contributed by atoms with Crippen molar-refractivity contribution in [3.05, 3.63) is 41.3 Å². The molecule has 3 rings (SSSR count). The fraction of sp³-hybridized carbons (Fsp3) is 0.357. The van der Waals surface area contributed by atoms with Crippen molar-refractivity contribution in [1.29, 1.82) is 0 Å². The number of sulfone groups is 1. The Labute approximate surface area is 117 Å². The molecule has 0 atom stereocenters. The summed E-state index contributed by atoms with van der Waals surface area (Å²) < 4.78 is 28.7. The molecule has 0 amide bonds. The van der Waals surface area contributed by atoms with Crippen molar-refractivity contribution in [3.8, 4) is 5.75 Å². The summed E-state index contributed by atoms with van der Waals surface area (Å²) in [7, 11) is -3.30. The molecule has 1 aromatic carbocycles. The number of hydrogen-bond acceptors (Lipinski definition) is 5. The third kappa shape index (κ3) is 2.43. The minimum Gasteiger partial charge on any atom is -0.503 e. The highest BCUT2D eigenvalue weighted by Crippen LogP contribution is 2.45. The summed E-state index contributed by atoms with van der Waals surface area (Å²) in [6.45, 7) is 0. The maximum absolute atomic E-state index is 11.7. The quantitative estimate of drug-likeness (QED) is 0.935. The van der Waals surface area contributed by atoms with Crippen molar-refractivity contribution in [1.82, 2.24) is 5.16 Å². The monoisotopic (exact) mass is 293 g/mol. The van der Waals surface area contributed by atoms with Gasteiger partial charge in [-0.2, -0.15) is 0 Å². The lowest BCUT2D eigenvalue weighted by atomic mass is 10.1. The van der Waals surface area contributed by atoms with Crippen molar-refractivity contribution in [2.45, 2.75) is 30.1 Å². The van der Waals surface area contributed by atoms with Crippen molar-refractivity contribution >= 4 is 9.84 Å². The average molecular weight is 293 g/mol. The summed E-state index contributed by atoms with van der Waals surface area (Å²) in [5, 5.41) is 14.0. The molecule has 1 saturated carbocycles. The van der Waals surface area contributed by atoms with E-state index >= 15 is 0 Å². The molecule has 2 aromatic rings. The van der Waals surface area contributed by atoms with Crippen molar-refractivity contribution in [3.63, 3.8) is 0 Å². The zero-order chi connectivity index (χ0) is 14.3. The smallest absolute Gasteiger partial charge is 0.182 e. The Morgan fingerprint density at radius 1 is 1.35 bits per heavy atom. The highest BCUT2D eigenvalue weighted by Gasteiger charge is 2.32. The lowest BCUT2D eigenvalue weighted by molar-refractivity contribution is 0.368. The molecule has 6 heteroatoms. The average Bonchev–Trinajstić information content (AvgIpc) is 3.16. The zero-order valence-corrected chi connectivity index (χ0v) is 11.9. The molecule has 5 nitrogen and oxygen atoms in total. The molecule has 0 saturated heterocycles. The predicted molar refractivity (Wildman–Crippen MR) is 72.5 cm³/mol. The van der Waals surface area contributed by atoms with Crippen molar-refractivity contribution in [2.75, 3.05) is 6.26 Å². The van der Waals surface area contributed by atoms with Gasteiger partial charge in [0.25, 0.3) is 0 Å². The van der Waals surface area contributed by atoms with E-state index in [2.05, 4.69) is 5.16 Å². The van der Waals surface area contributed by atoms with Gasteiger partial charge >= 0.3 is 0 Å². The van der Waals surface area contributed by atoms with Gasteiger partial charge in [0.15, 0.2) is 21.3 Å². The maximum atomic E-state index is 11.7. The second-order valence-electron chi connectivity index (χ2n) is 5.17. The van der Waals surface area contributed by atoms with Crippen molar-refractivity contribution < 1.29 is 18.0 Å². The second-order valence-corrected chi connectivity index (χ2v) is 7.16. The van der Waals surface area contributed by atoms with E-state index in [1.165, 1.54) is 6.26 Å². The Hall–Kier alpha value is -1.82. The van der Waals surface area contributed by atoms with Gasteiger partial charge in [-0.25, -0.2) is 8.42 Å². The summed E-state index contributed by atoms with van der Waals surface area (Å²) in [5.74, 6) is 0.856. The molecule has 1 aliphatic carbocycles. The minimum absolute atomic E-state index is 0.0656. The van der Waals surface area contributed by atoms with Crippen LogP contribution in [0.25, 0.3) is 0 Å². The molecule has 0 aliphatic heterocycles. The van der Waals surface area contributed by atoms with Gasteiger partial charge in [0.2, 0.25) is 0 Å². The largest absolute Gasteiger partial charge is 0.503 e. The van der Waals surface area contributed by atoms with E-state index in [1.54, 1.807) is 24.3 Å². The van der Waals surface area contributed by atoms with Crippen LogP contribution >= 0.6 is 0 Å². The lowest BCUT2D eigenvalue weighted by Crippen LogP contribution is -2.03. The van der Waals surface area contributed by atoms with E-state index in [0.29, 0.717) is 17.0 Å². The van der Waals surface area contributed by atoms with E-state index in [-0.39, 0.29) is 23.0 Å². The fourth-order valence-electron chi connectivity index (χ4n) is 2.25. The Bertz CT molecular complexity index is 744. The van der Waals surface area contributed by atoms with Gasteiger partial charge < -0.3 is 9.63 Å². The zero-order valence-electron chi connectivity index (χ0n) is 11.0. The van der Waals surface area contributed by atoms with Gasteiger partial charge in [0.05, 0.1) is 4.90 Å². The summed E-state index contributed by atoms with van der Waals surface area (Å²) in [5.41, 5.74) is 1.00. The van der Waals surface area contributed by atoms with Crippen LogP contribution in [0.4, 0.5) is 0 Å². The molecule has 1 N–H and O–H groups in total. The van der Waals surface area contributed by atoms with Gasteiger partial charge in [-0.1, -0.05) is 23.4 Å². The first-order valence-electron chi connectivity index (χ1n) is 6.42. The number of nitrogens with zero attached hydrogens (tertiary/aromatic N) is 1. The number of aromatic nitrogens is 1. The summed E-state index contributed by atoms with van der Waals surface area (Å²) in [4.78, 5) is 0.260. The topological polar surface area (TPSA) is 80.4 Å². The molecule has 1 aliphatic rings. The lowest BCUT2D eigenvalue weighted by Gasteiger charge is -2.05. The van der Waals surface area contributed by atoms with Crippen molar-refractivity contribution in [2.24, 2.45) is 0 Å². The first-order valence-corrected chi connectivity index (χ1v) is 8.31. The highest BCUT2D eigenvalue weighted by atomic mass is 32.2. The van der Waals surface area contributed by atoms with E-state index in [0.717, 1.165) is 12.8 Å². The molecular weight excluding hydrogens is 278 g/mol. The molecule has 106 valence electrons. The second kappa shape index (κ2) is 4.63. The molecule has 20 heavy (non-hydrogen) atoms. The minimum atomic E-state index is -3.30. The number of aromatic hydroxyl groups is 1. The molecular formula is C14H15NO4S. The molecule has 1 aromatic heterocycles. The summed E-state index contributed by atoms with van der Waals surface area (Å²) >= 11 is 0. The molecule has 0 bridgehead atoms. The Balaban J connectivity index is 1.96. The third-order valence-electron chi connectivity index (χ3n) is 3.44. The summed E-state index contributed by atoms with van der Waals surface area (Å²) in [6, 6.07) is 6.73. The molecule has 0 radical (unpaired) electrons. The maximum Gasteiger partial charge on any atom is 0.182 e. The van der Waals surface area contributed by atoms with Crippen LogP contribution < -0.4 is 0 Å². The first kappa shape index (κ1) is 13.2. The predicted octanol–water partition coefficient (Wildman–Crippen LogP) is 2.25. The highest BCUT2D eigenvalue weighted by molar-refractivity contribution is 7.90. The Kier molecular flexibility index (Phi) is 3.05. The summed E-state index contributed by atoms with van der Waals surface area (Å²) in [6.07, 6.45) is 3.42. The standard InChI is InChI=1S/C14H15NO4S/c1-20(17,18)12-5-3-2-4-10(12)8-11-13(16)14(19-15-11)9-6-7-9/h2-5,9,16H,6-8H2,1H3. The molecule has 1 fully saturated rings. The number of rotatable bonds is 4. The van der Waals surface area contributed by atoms with E-state index < -0.39 is 9.84 Å². The van der Waals surface area contributed by atoms with Gasteiger partial charge in [-0.3, -0.25) is 0 Å². The van der Waals surface area contributed by atoms with Crippen LogP contribution in [-0.2, 0) is 16.3 Å². The van der Waals surface area contributed by atoms with Crippen LogP contribution in [0.3, 0.4) is 0 Å². The first-order chi connectivity index (χ1) is 9.47. The van der Waals surface area contributed by atoms with Crippen LogP contribution in [0.15, 0.2) is 33.7 Å². The van der Waals surface area contributed by atoms with Gasteiger partial charge in [-0.05, 0) is 24.5 Å². The molecule has 1 heterocycles. The fourth-order valence-corrected chi connectivity index (χ4v) is 3.20. The number of benzene rings is 1. The normalized spacial score (nSPS) is 15.4. The van der Waals surface area contributed by atoms with E-state index in [4.69, 9.17) is 4.52 Å². The van der Waals surface area contributed by atoms with Crippen LogP contribution in [0.1, 0.15) is 35.8 Å². The van der Waals surface area contributed by atoms with Crippen LogP contribution in [0.5, 0.6) is 5.75 Å². The Morgan fingerprint density at radius 2 is 2.05 bits per heavy atom. The SMILES string of the molecule is CS(=O)(=O)c1ccccc1Cc1noc(C2CC2)c1O. The van der Waals surface area contributed by atoms with Crippen LogP contribution in [0, 0.1) is 0 Å². The van der Waals surface area contributed by atoms with E-state index in [1.807, 2.05) is 0 Å². The van der Waals surface area contributed by atoms with Crippen LogP contribution in [0.2, 0.25) is 0 Å². The van der Waals surface area contributed by atoms with Crippen LogP contribution in [-0.4, -0.2) is 24.9 Å². The number of hydrogen-bond donors (Lipinski definition) is 1. The molecule has 0 spiro atoms. The molecule has 0 unspecified atom stereocenters. The third-order valence-corrected chi connectivity index (χ3v) is 4.64. The van der Waals surface area contributed by atoms with Gasteiger partial charge in [0, 0.05) is 18.6 Å². The van der Waals surface area contributed by atoms with Gasteiger partial charge in [-0.15, -0.1) is 0 Å². The Morgan fingerprint density at radius 3 is 2.70 bits per heavy atom. The van der Waals surface area contributed by atoms with E-state index in [9.17, 15) is 13.5 Å².